The predicted octanol–water partition coefficient (Wildman–Crippen LogP) is 1.34. The Morgan fingerprint density at radius 3 is 2.23 bits per heavy atom. The summed E-state index contributed by atoms with van der Waals surface area (Å²) in [6.07, 6.45) is 3.85. The summed E-state index contributed by atoms with van der Waals surface area (Å²) in [6.45, 7) is 0.642. The second kappa shape index (κ2) is 3.51. The molecule has 5 heteroatoms. The van der Waals surface area contributed by atoms with Crippen molar-refractivity contribution in [3.8, 4) is 0 Å². The smallest absolute Gasteiger partial charge is 0.212 e. The van der Waals surface area contributed by atoms with Crippen LogP contribution in [-0.4, -0.2) is 35.9 Å². The zero-order chi connectivity index (χ0) is 9.47. The van der Waals surface area contributed by atoms with Gasteiger partial charge in [0.05, 0.1) is 5.25 Å². The van der Waals surface area contributed by atoms with Crippen molar-refractivity contribution in [2.75, 3.05) is 11.9 Å². The monoisotopic (exact) mass is 267 g/mol. The molecule has 0 heterocycles. The van der Waals surface area contributed by atoms with Gasteiger partial charge in [0.1, 0.15) is 0 Å². The molecular formula is C8H14BrNO2S. The van der Waals surface area contributed by atoms with Crippen LogP contribution < -0.4 is 0 Å². The summed E-state index contributed by atoms with van der Waals surface area (Å²) in [5.41, 5.74) is 0. The van der Waals surface area contributed by atoms with E-state index in [0.29, 0.717) is 12.6 Å². The average Bonchev–Trinajstić information content (AvgIpc) is 2.85. The van der Waals surface area contributed by atoms with Crippen LogP contribution in [0.5, 0.6) is 0 Å². The summed E-state index contributed by atoms with van der Waals surface area (Å²) >= 11 is 3.30. The van der Waals surface area contributed by atoms with Crippen molar-refractivity contribution in [2.24, 2.45) is 0 Å². The van der Waals surface area contributed by atoms with Crippen LogP contribution in [0.25, 0.3) is 0 Å². The van der Waals surface area contributed by atoms with E-state index in [2.05, 4.69) is 15.9 Å². The Kier molecular flexibility index (Phi) is 2.68. The number of hydrogen-bond acceptors (Lipinski definition) is 2. The summed E-state index contributed by atoms with van der Waals surface area (Å²) in [5, 5.41) is 0.697. The Morgan fingerprint density at radius 1 is 1.23 bits per heavy atom. The van der Waals surface area contributed by atoms with Gasteiger partial charge < -0.3 is 0 Å². The summed E-state index contributed by atoms with van der Waals surface area (Å²) in [4.78, 5) is 0. The number of rotatable bonds is 5. The summed E-state index contributed by atoms with van der Waals surface area (Å²) in [6, 6.07) is 0.322. The third kappa shape index (κ3) is 2.07. The highest BCUT2D eigenvalue weighted by molar-refractivity contribution is 9.09. The first-order valence-corrected chi connectivity index (χ1v) is 7.35. The number of halogens is 1. The maximum atomic E-state index is 11.9. The highest BCUT2D eigenvalue weighted by atomic mass is 79.9. The lowest BCUT2D eigenvalue weighted by molar-refractivity contribution is 0.423. The maximum Gasteiger partial charge on any atom is 0.217 e. The SMILES string of the molecule is O=S(=O)(C1CC1)N(CCBr)C1CC1. The lowest BCUT2D eigenvalue weighted by Gasteiger charge is -2.20. The number of hydrogen-bond donors (Lipinski definition) is 0. The van der Waals surface area contributed by atoms with Crippen LogP contribution in [0.2, 0.25) is 0 Å². The number of nitrogens with zero attached hydrogens (tertiary/aromatic N) is 1. The van der Waals surface area contributed by atoms with Crippen LogP contribution in [0.3, 0.4) is 0 Å². The Hall–Kier alpha value is 0.390. The average molecular weight is 268 g/mol. The zero-order valence-corrected chi connectivity index (χ0v) is 9.85. The third-order valence-electron chi connectivity index (χ3n) is 2.53. The van der Waals surface area contributed by atoms with Gasteiger partial charge in [-0.05, 0) is 25.7 Å². The van der Waals surface area contributed by atoms with Crippen molar-refractivity contribution in [3.63, 3.8) is 0 Å². The van der Waals surface area contributed by atoms with Crippen LogP contribution >= 0.6 is 15.9 Å². The van der Waals surface area contributed by atoms with E-state index in [-0.39, 0.29) is 5.25 Å². The largest absolute Gasteiger partial charge is 0.217 e. The quantitative estimate of drug-likeness (QED) is 0.706. The van der Waals surface area contributed by atoms with Gasteiger partial charge in [-0.2, -0.15) is 4.31 Å². The molecule has 0 spiro atoms. The van der Waals surface area contributed by atoms with Gasteiger partial charge in [0.2, 0.25) is 10.0 Å². The van der Waals surface area contributed by atoms with Crippen molar-refractivity contribution in [1.82, 2.24) is 4.31 Å². The Balaban J connectivity index is 2.08. The van der Waals surface area contributed by atoms with Gasteiger partial charge in [-0.3, -0.25) is 0 Å². The number of alkyl halides is 1. The third-order valence-corrected chi connectivity index (χ3v) is 5.33. The van der Waals surface area contributed by atoms with E-state index in [1.165, 1.54) is 0 Å². The molecule has 0 aromatic heterocycles. The molecule has 0 aromatic carbocycles. The molecule has 2 rings (SSSR count). The molecule has 0 N–H and O–H groups in total. The maximum absolute atomic E-state index is 11.9. The topological polar surface area (TPSA) is 37.4 Å². The van der Waals surface area contributed by atoms with E-state index in [4.69, 9.17) is 0 Å². The molecule has 0 aliphatic heterocycles. The van der Waals surface area contributed by atoms with E-state index >= 15 is 0 Å². The van der Waals surface area contributed by atoms with Crippen molar-refractivity contribution < 1.29 is 8.42 Å². The molecule has 13 heavy (non-hydrogen) atoms. The second-order valence-electron chi connectivity index (χ2n) is 3.78. The molecule has 0 atom stereocenters. The van der Waals surface area contributed by atoms with Crippen LogP contribution in [0, 0.1) is 0 Å². The zero-order valence-electron chi connectivity index (χ0n) is 7.45. The van der Waals surface area contributed by atoms with Crippen LogP contribution in [-0.2, 0) is 10.0 Å². The van der Waals surface area contributed by atoms with Gasteiger partial charge in [0.25, 0.3) is 0 Å². The lowest BCUT2D eigenvalue weighted by Crippen LogP contribution is -2.37. The lowest BCUT2D eigenvalue weighted by atomic mass is 10.6. The summed E-state index contributed by atoms with van der Waals surface area (Å²) in [5.74, 6) is 0. The van der Waals surface area contributed by atoms with E-state index in [0.717, 1.165) is 31.0 Å². The number of sulfonamides is 1. The van der Waals surface area contributed by atoms with Crippen molar-refractivity contribution in [1.29, 1.82) is 0 Å². The predicted molar refractivity (Wildman–Crippen MR) is 55.5 cm³/mol. The molecule has 3 nitrogen and oxygen atoms in total. The van der Waals surface area contributed by atoms with Crippen LogP contribution in [0.15, 0.2) is 0 Å². The van der Waals surface area contributed by atoms with Crippen LogP contribution in [0.1, 0.15) is 25.7 Å². The molecule has 2 saturated carbocycles. The summed E-state index contributed by atoms with van der Waals surface area (Å²) in [7, 11) is -2.92. The summed E-state index contributed by atoms with van der Waals surface area (Å²) < 4.78 is 25.4. The normalized spacial score (nSPS) is 23.8. The molecule has 0 amide bonds. The molecule has 0 bridgehead atoms. The fourth-order valence-corrected chi connectivity index (χ4v) is 4.22. The molecular weight excluding hydrogens is 254 g/mol. The van der Waals surface area contributed by atoms with Gasteiger partial charge >= 0.3 is 0 Å². The fraction of sp³-hybridized carbons (Fsp3) is 1.00. The van der Waals surface area contributed by atoms with E-state index in [1.54, 1.807) is 4.31 Å². The van der Waals surface area contributed by atoms with Crippen molar-refractivity contribution in [3.05, 3.63) is 0 Å². The molecule has 2 fully saturated rings. The molecule has 76 valence electrons. The minimum Gasteiger partial charge on any atom is -0.212 e. The molecule has 0 aromatic rings. The molecule has 2 aliphatic carbocycles. The Labute approximate surface area is 87.7 Å². The van der Waals surface area contributed by atoms with Gasteiger partial charge in [-0.25, -0.2) is 8.42 Å². The second-order valence-corrected chi connectivity index (χ2v) is 6.73. The minimum absolute atomic E-state index is 0.0489. The van der Waals surface area contributed by atoms with E-state index < -0.39 is 10.0 Å². The highest BCUT2D eigenvalue weighted by Crippen LogP contribution is 2.37. The Bertz CT molecular complexity index is 283. The Morgan fingerprint density at radius 2 is 1.85 bits per heavy atom. The first kappa shape index (κ1) is 9.93. The van der Waals surface area contributed by atoms with Crippen molar-refractivity contribution in [2.45, 2.75) is 37.0 Å². The van der Waals surface area contributed by atoms with Gasteiger partial charge in [0, 0.05) is 17.9 Å². The first-order valence-electron chi connectivity index (χ1n) is 4.73. The first-order chi connectivity index (χ1) is 6.16. The standard InChI is InChI=1S/C8H14BrNO2S/c9-5-6-10(7-1-2-7)13(11,12)8-3-4-8/h7-8H,1-6H2. The highest BCUT2D eigenvalue weighted by Gasteiger charge is 2.45. The van der Waals surface area contributed by atoms with E-state index in [9.17, 15) is 8.42 Å². The van der Waals surface area contributed by atoms with Gasteiger partial charge in [-0.1, -0.05) is 15.9 Å². The van der Waals surface area contributed by atoms with Crippen LogP contribution in [0.4, 0.5) is 0 Å². The van der Waals surface area contributed by atoms with Crippen molar-refractivity contribution >= 4 is 26.0 Å². The van der Waals surface area contributed by atoms with E-state index in [1.807, 2.05) is 0 Å². The molecule has 0 radical (unpaired) electrons. The molecule has 0 unspecified atom stereocenters. The molecule has 0 saturated heterocycles. The fourth-order valence-electron chi connectivity index (χ4n) is 1.52. The minimum atomic E-state index is -2.92. The van der Waals surface area contributed by atoms with Gasteiger partial charge in [0.15, 0.2) is 0 Å². The van der Waals surface area contributed by atoms with Gasteiger partial charge in [-0.15, -0.1) is 0 Å². The molecule has 2 aliphatic rings.